The Hall–Kier alpha value is -1.67. The third-order valence-corrected chi connectivity index (χ3v) is 2.89. The first kappa shape index (κ1) is 11.8. The van der Waals surface area contributed by atoms with Crippen LogP contribution in [0.3, 0.4) is 0 Å². The van der Waals surface area contributed by atoms with Gasteiger partial charge in [0.15, 0.2) is 0 Å². The number of rotatable bonds is 4. The minimum Gasteiger partial charge on any atom is -0.307 e. The minimum atomic E-state index is 0.815. The Labute approximate surface area is 103 Å². The van der Waals surface area contributed by atoms with Crippen LogP contribution in [0.4, 0.5) is 0 Å². The van der Waals surface area contributed by atoms with E-state index in [-0.39, 0.29) is 0 Å². The van der Waals surface area contributed by atoms with Crippen molar-refractivity contribution in [2.45, 2.75) is 26.9 Å². The summed E-state index contributed by atoms with van der Waals surface area (Å²) in [6.07, 6.45) is 0. The first-order valence-corrected chi connectivity index (χ1v) is 5.93. The summed E-state index contributed by atoms with van der Waals surface area (Å²) in [6, 6.07) is 14.6. The second-order valence-corrected chi connectivity index (χ2v) is 4.29. The molecule has 1 aromatic heterocycles. The zero-order valence-corrected chi connectivity index (χ0v) is 10.4. The molecule has 0 saturated carbocycles. The van der Waals surface area contributed by atoms with Gasteiger partial charge in [-0.05, 0) is 31.0 Å². The van der Waals surface area contributed by atoms with Gasteiger partial charge >= 0.3 is 0 Å². The second-order valence-electron chi connectivity index (χ2n) is 4.29. The topological polar surface area (TPSA) is 24.9 Å². The fraction of sp³-hybridized carbons (Fsp3) is 0.267. The van der Waals surface area contributed by atoms with Crippen LogP contribution in [-0.2, 0) is 13.1 Å². The van der Waals surface area contributed by atoms with Crippen LogP contribution in [-0.4, -0.2) is 4.98 Å². The lowest BCUT2D eigenvalue weighted by atomic mass is 10.2. The predicted octanol–water partition coefficient (Wildman–Crippen LogP) is 2.99. The lowest BCUT2D eigenvalue weighted by molar-refractivity contribution is 0.677. The number of aryl methyl sites for hydroxylation is 2. The molecule has 2 heteroatoms. The molecule has 88 valence electrons. The van der Waals surface area contributed by atoms with Crippen molar-refractivity contribution < 1.29 is 0 Å². The van der Waals surface area contributed by atoms with E-state index in [0.717, 1.165) is 24.5 Å². The van der Waals surface area contributed by atoms with E-state index < -0.39 is 0 Å². The molecule has 0 fully saturated rings. The van der Waals surface area contributed by atoms with E-state index in [0.29, 0.717) is 0 Å². The predicted molar refractivity (Wildman–Crippen MR) is 70.7 cm³/mol. The molecule has 0 unspecified atom stereocenters. The summed E-state index contributed by atoms with van der Waals surface area (Å²) in [5.41, 5.74) is 4.76. The smallest absolute Gasteiger partial charge is 0.0545 e. The van der Waals surface area contributed by atoms with Crippen molar-refractivity contribution in [3.8, 4) is 0 Å². The van der Waals surface area contributed by atoms with Crippen molar-refractivity contribution in [2.75, 3.05) is 0 Å². The van der Waals surface area contributed by atoms with Crippen LogP contribution in [0.15, 0.2) is 42.5 Å². The van der Waals surface area contributed by atoms with Gasteiger partial charge in [0.2, 0.25) is 0 Å². The van der Waals surface area contributed by atoms with Crippen molar-refractivity contribution in [2.24, 2.45) is 0 Å². The summed E-state index contributed by atoms with van der Waals surface area (Å²) >= 11 is 0. The van der Waals surface area contributed by atoms with Crippen LogP contribution in [0, 0.1) is 13.8 Å². The van der Waals surface area contributed by atoms with Gasteiger partial charge in [0.05, 0.1) is 5.69 Å². The fourth-order valence-electron chi connectivity index (χ4n) is 1.71. The van der Waals surface area contributed by atoms with Gasteiger partial charge in [-0.2, -0.15) is 0 Å². The first-order valence-electron chi connectivity index (χ1n) is 5.93. The van der Waals surface area contributed by atoms with E-state index in [1.54, 1.807) is 0 Å². The molecule has 1 aromatic carbocycles. The lowest BCUT2D eigenvalue weighted by Crippen LogP contribution is -2.14. The van der Waals surface area contributed by atoms with Crippen LogP contribution < -0.4 is 5.32 Å². The van der Waals surface area contributed by atoms with Gasteiger partial charge in [-0.25, -0.2) is 0 Å². The molecule has 0 aliphatic carbocycles. The number of hydrogen-bond acceptors (Lipinski definition) is 2. The maximum Gasteiger partial charge on any atom is 0.0545 e. The molecular formula is C15H18N2. The van der Waals surface area contributed by atoms with Crippen LogP contribution in [0.2, 0.25) is 0 Å². The number of aromatic nitrogens is 1. The van der Waals surface area contributed by atoms with Gasteiger partial charge in [-0.3, -0.25) is 4.98 Å². The maximum absolute atomic E-state index is 4.54. The summed E-state index contributed by atoms with van der Waals surface area (Å²) in [4.78, 5) is 4.54. The second kappa shape index (κ2) is 5.60. The number of nitrogens with one attached hydrogen (secondary N) is 1. The van der Waals surface area contributed by atoms with Crippen molar-refractivity contribution >= 4 is 0 Å². The molecule has 2 aromatic rings. The number of hydrogen-bond donors (Lipinski definition) is 1. The Morgan fingerprint density at radius 2 is 1.71 bits per heavy atom. The maximum atomic E-state index is 4.54. The van der Waals surface area contributed by atoms with Crippen LogP contribution >= 0.6 is 0 Å². The highest BCUT2D eigenvalue weighted by molar-refractivity contribution is 5.20. The Bertz CT molecular complexity index is 478. The van der Waals surface area contributed by atoms with Gasteiger partial charge in [0.25, 0.3) is 0 Å². The van der Waals surface area contributed by atoms with Gasteiger partial charge < -0.3 is 5.32 Å². The van der Waals surface area contributed by atoms with Crippen LogP contribution in [0.5, 0.6) is 0 Å². The minimum absolute atomic E-state index is 0.815. The third-order valence-electron chi connectivity index (χ3n) is 2.89. The fourth-order valence-corrected chi connectivity index (χ4v) is 1.71. The largest absolute Gasteiger partial charge is 0.307 e. The molecule has 0 atom stereocenters. The average molecular weight is 226 g/mol. The Kier molecular flexibility index (Phi) is 3.89. The van der Waals surface area contributed by atoms with Gasteiger partial charge in [-0.1, -0.05) is 36.4 Å². The van der Waals surface area contributed by atoms with E-state index in [9.17, 15) is 0 Å². The van der Waals surface area contributed by atoms with Crippen LogP contribution in [0.1, 0.15) is 22.5 Å². The summed E-state index contributed by atoms with van der Waals surface area (Å²) < 4.78 is 0. The molecule has 0 amide bonds. The molecule has 2 nitrogen and oxygen atoms in total. The summed E-state index contributed by atoms with van der Waals surface area (Å²) in [5.74, 6) is 0. The molecule has 0 aliphatic heterocycles. The Morgan fingerprint density at radius 3 is 2.41 bits per heavy atom. The summed E-state index contributed by atoms with van der Waals surface area (Å²) in [5, 5.41) is 3.40. The zero-order chi connectivity index (χ0) is 12.1. The quantitative estimate of drug-likeness (QED) is 0.867. The highest BCUT2D eigenvalue weighted by atomic mass is 14.9. The molecule has 0 spiro atoms. The standard InChI is InChI=1S/C15H18N2/c1-12-8-9-15(17-13(12)2)11-16-10-14-6-4-3-5-7-14/h3-9,16H,10-11H2,1-2H3. The van der Waals surface area contributed by atoms with Crippen molar-refractivity contribution in [3.05, 3.63) is 65.0 Å². The van der Waals surface area contributed by atoms with E-state index in [4.69, 9.17) is 0 Å². The first-order chi connectivity index (χ1) is 8.25. The third kappa shape index (κ3) is 3.40. The van der Waals surface area contributed by atoms with Crippen LogP contribution in [0.25, 0.3) is 0 Å². The highest BCUT2D eigenvalue weighted by Gasteiger charge is 1.98. The summed E-state index contributed by atoms with van der Waals surface area (Å²) in [7, 11) is 0. The lowest BCUT2D eigenvalue weighted by Gasteiger charge is -2.06. The van der Waals surface area contributed by atoms with Crippen molar-refractivity contribution in [3.63, 3.8) is 0 Å². The average Bonchev–Trinajstić information content (AvgIpc) is 2.35. The normalized spacial score (nSPS) is 10.5. The number of nitrogens with zero attached hydrogens (tertiary/aromatic N) is 1. The molecule has 17 heavy (non-hydrogen) atoms. The zero-order valence-electron chi connectivity index (χ0n) is 10.4. The van der Waals surface area contributed by atoms with E-state index >= 15 is 0 Å². The highest BCUT2D eigenvalue weighted by Crippen LogP contribution is 2.05. The van der Waals surface area contributed by atoms with Crippen molar-refractivity contribution in [1.82, 2.24) is 10.3 Å². The van der Waals surface area contributed by atoms with Gasteiger partial charge in [0.1, 0.15) is 0 Å². The SMILES string of the molecule is Cc1ccc(CNCc2ccccc2)nc1C. The molecule has 0 bridgehead atoms. The van der Waals surface area contributed by atoms with E-state index in [2.05, 4.69) is 60.5 Å². The van der Waals surface area contributed by atoms with Gasteiger partial charge in [-0.15, -0.1) is 0 Å². The molecule has 2 rings (SSSR count). The molecule has 0 aliphatic rings. The monoisotopic (exact) mass is 226 g/mol. The molecular weight excluding hydrogens is 208 g/mol. The molecule has 0 saturated heterocycles. The van der Waals surface area contributed by atoms with E-state index in [1.807, 2.05) is 6.07 Å². The van der Waals surface area contributed by atoms with E-state index in [1.165, 1.54) is 11.1 Å². The summed E-state index contributed by atoms with van der Waals surface area (Å²) in [6.45, 7) is 5.84. The van der Waals surface area contributed by atoms with Gasteiger partial charge in [0, 0.05) is 18.8 Å². The molecule has 0 radical (unpaired) electrons. The number of pyridine rings is 1. The van der Waals surface area contributed by atoms with Crippen molar-refractivity contribution in [1.29, 1.82) is 0 Å². The Morgan fingerprint density at radius 1 is 0.941 bits per heavy atom. The molecule has 1 N–H and O–H groups in total. The number of benzene rings is 1. The molecule has 1 heterocycles. The Balaban J connectivity index is 1.88.